The van der Waals surface area contributed by atoms with E-state index in [2.05, 4.69) is 16.0 Å². The Labute approximate surface area is 198 Å². The molecular weight excluding hydrogens is 428 g/mol. The molecule has 0 spiro atoms. The van der Waals surface area contributed by atoms with Crippen molar-refractivity contribution >= 4 is 11.0 Å². The molecule has 1 N–H and O–H groups in total. The Morgan fingerprint density at radius 3 is 2.71 bits per heavy atom. The number of aromatic nitrogens is 1. The number of ether oxygens (including phenoxy) is 1. The molecule has 1 fully saturated rings. The lowest BCUT2D eigenvalue weighted by atomic mass is 9.95. The maximum absolute atomic E-state index is 13.6. The van der Waals surface area contributed by atoms with Crippen molar-refractivity contribution in [3.8, 4) is 22.6 Å². The molecular formula is C28H28N2O4. The van der Waals surface area contributed by atoms with Gasteiger partial charge in [0, 0.05) is 25.0 Å². The van der Waals surface area contributed by atoms with Crippen molar-refractivity contribution < 1.29 is 14.3 Å². The third kappa shape index (κ3) is 4.05. The van der Waals surface area contributed by atoms with E-state index in [0.717, 1.165) is 37.1 Å². The van der Waals surface area contributed by atoms with E-state index in [1.54, 1.807) is 32.4 Å². The molecule has 1 aliphatic heterocycles. The number of pyridine rings is 1. The molecule has 1 atom stereocenters. The van der Waals surface area contributed by atoms with E-state index >= 15 is 0 Å². The highest BCUT2D eigenvalue weighted by Crippen LogP contribution is 2.36. The minimum Gasteiger partial charge on any atom is -0.507 e. The molecule has 5 rings (SSSR count). The number of benzene rings is 2. The highest BCUT2D eigenvalue weighted by molar-refractivity contribution is 5.86. The molecule has 6 nitrogen and oxygen atoms in total. The molecule has 174 valence electrons. The summed E-state index contributed by atoms with van der Waals surface area (Å²) in [6.07, 6.45) is 6.97. The van der Waals surface area contributed by atoms with E-state index in [-0.39, 0.29) is 17.2 Å². The summed E-state index contributed by atoms with van der Waals surface area (Å²) in [7, 11) is 1.61. The summed E-state index contributed by atoms with van der Waals surface area (Å²) in [5.41, 5.74) is 3.47. The molecule has 0 radical (unpaired) electrons. The monoisotopic (exact) mass is 456 g/mol. The first-order valence-corrected chi connectivity index (χ1v) is 11.6. The van der Waals surface area contributed by atoms with E-state index in [0.29, 0.717) is 34.4 Å². The summed E-state index contributed by atoms with van der Waals surface area (Å²) in [5, 5.41) is 11.3. The molecule has 0 amide bonds. The molecule has 1 saturated heterocycles. The number of hydrogen-bond donors (Lipinski definition) is 1. The van der Waals surface area contributed by atoms with Gasteiger partial charge in [0.2, 0.25) is 5.43 Å². The molecule has 2 aromatic carbocycles. The second kappa shape index (κ2) is 9.31. The van der Waals surface area contributed by atoms with E-state index in [1.807, 2.05) is 36.5 Å². The first-order chi connectivity index (χ1) is 16.6. The van der Waals surface area contributed by atoms with Gasteiger partial charge in [-0.05, 0) is 67.8 Å². The lowest BCUT2D eigenvalue weighted by molar-refractivity contribution is 0.139. The van der Waals surface area contributed by atoms with Crippen molar-refractivity contribution in [1.82, 2.24) is 9.88 Å². The normalized spacial score (nSPS) is 16.6. The molecule has 34 heavy (non-hydrogen) atoms. The fourth-order valence-corrected chi connectivity index (χ4v) is 4.99. The van der Waals surface area contributed by atoms with Crippen LogP contribution >= 0.6 is 0 Å². The van der Waals surface area contributed by atoms with Crippen LogP contribution in [0.3, 0.4) is 0 Å². The van der Waals surface area contributed by atoms with Crippen molar-refractivity contribution in [2.24, 2.45) is 0 Å². The van der Waals surface area contributed by atoms with E-state index < -0.39 is 0 Å². The van der Waals surface area contributed by atoms with Crippen LogP contribution in [-0.4, -0.2) is 28.6 Å². The molecule has 3 heterocycles. The van der Waals surface area contributed by atoms with Crippen molar-refractivity contribution in [1.29, 1.82) is 0 Å². The zero-order valence-corrected chi connectivity index (χ0v) is 19.5. The number of fused-ring (bicyclic) bond motifs is 1. The lowest BCUT2D eigenvalue weighted by Crippen LogP contribution is -2.33. The highest BCUT2D eigenvalue weighted by Gasteiger charge is 2.27. The van der Waals surface area contributed by atoms with Crippen LogP contribution < -0.4 is 10.2 Å². The Bertz CT molecular complexity index is 1360. The van der Waals surface area contributed by atoms with Crippen molar-refractivity contribution in [2.75, 3.05) is 13.7 Å². The molecule has 2 aromatic heterocycles. The van der Waals surface area contributed by atoms with Gasteiger partial charge in [0.25, 0.3) is 0 Å². The van der Waals surface area contributed by atoms with Crippen molar-refractivity contribution in [2.45, 2.75) is 38.8 Å². The zero-order chi connectivity index (χ0) is 23.7. The third-order valence-corrected chi connectivity index (χ3v) is 6.74. The first kappa shape index (κ1) is 22.2. The van der Waals surface area contributed by atoms with Crippen LogP contribution in [0.1, 0.15) is 42.2 Å². The Morgan fingerprint density at radius 2 is 1.97 bits per heavy atom. The number of nitrogens with zero attached hydrogens (tertiary/aromatic N) is 2. The van der Waals surface area contributed by atoms with Gasteiger partial charge in [-0.2, -0.15) is 0 Å². The summed E-state index contributed by atoms with van der Waals surface area (Å²) in [5.74, 6) is 1.39. The van der Waals surface area contributed by atoms with Gasteiger partial charge in [-0.15, -0.1) is 0 Å². The zero-order valence-electron chi connectivity index (χ0n) is 19.5. The number of phenolic OH excluding ortho intramolecular Hbond substituents is 1. The van der Waals surface area contributed by atoms with Gasteiger partial charge in [0.15, 0.2) is 0 Å². The Morgan fingerprint density at radius 1 is 1.15 bits per heavy atom. The second-order valence-corrected chi connectivity index (χ2v) is 8.80. The van der Waals surface area contributed by atoms with Gasteiger partial charge in [-0.1, -0.05) is 24.6 Å². The van der Waals surface area contributed by atoms with Gasteiger partial charge < -0.3 is 14.3 Å². The topological polar surface area (TPSA) is 75.8 Å². The molecule has 0 aliphatic carbocycles. The van der Waals surface area contributed by atoms with Crippen LogP contribution in [0.25, 0.3) is 22.1 Å². The lowest BCUT2D eigenvalue weighted by Gasteiger charge is -2.36. The van der Waals surface area contributed by atoms with Crippen LogP contribution in [0.4, 0.5) is 0 Å². The Balaban J connectivity index is 1.58. The predicted molar refractivity (Wildman–Crippen MR) is 132 cm³/mol. The predicted octanol–water partition coefficient (Wildman–Crippen LogP) is 5.60. The van der Waals surface area contributed by atoms with Gasteiger partial charge >= 0.3 is 0 Å². The largest absolute Gasteiger partial charge is 0.507 e. The second-order valence-electron chi connectivity index (χ2n) is 8.80. The quantitative estimate of drug-likeness (QED) is 0.421. The van der Waals surface area contributed by atoms with Crippen LogP contribution in [0.15, 0.2) is 70.1 Å². The van der Waals surface area contributed by atoms with E-state index in [1.165, 1.54) is 5.56 Å². The summed E-state index contributed by atoms with van der Waals surface area (Å²) >= 11 is 0. The van der Waals surface area contributed by atoms with Crippen LogP contribution in [0.5, 0.6) is 11.5 Å². The fourth-order valence-electron chi connectivity index (χ4n) is 4.99. The fraction of sp³-hybridized carbons (Fsp3) is 0.286. The molecule has 4 aromatic rings. The van der Waals surface area contributed by atoms with E-state index in [4.69, 9.17) is 9.15 Å². The molecule has 1 aliphatic rings. The first-order valence-electron chi connectivity index (χ1n) is 11.6. The molecule has 6 heteroatoms. The SMILES string of the molecule is COc1ccc(-c2c(C)oc3c(CN4CCCC[C@H]4c4cccnc4)c(O)ccc3c2=O)cc1. The average Bonchev–Trinajstić information content (AvgIpc) is 2.87. The number of rotatable bonds is 5. The Hall–Kier alpha value is -3.64. The number of aryl methyl sites for hydroxylation is 1. The number of piperidine rings is 1. The number of phenols is 1. The minimum absolute atomic E-state index is 0.104. The van der Waals surface area contributed by atoms with Crippen LogP contribution in [0.2, 0.25) is 0 Å². The average molecular weight is 457 g/mol. The van der Waals surface area contributed by atoms with Crippen molar-refractivity contribution in [3.05, 3.63) is 88.0 Å². The maximum atomic E-state index is 13.6. The highest BCUT2D eigenvalue weighted by atomic mass is 16.5. The standard InChI is InChI=1S/C28H28N2O4/c1-18-26(19-8-10-21(33-2)11-9-19)27(32)22-12-13-25(31)23(28(22)34-18)17-30-15-4-3-7-24(30)20-6-5-14-29-16-20/h5-6,8-14,16,24,31H,3-4,7,15,17H2,1-2H3/t24-/m0/s1. The summed E-state index contributed by atoms with van der Waals surface area (Å²) in [4.78, 5) is 20.2. The summed E-state index contributed by atoms with van der Waals surface area (Å²) in [6.45, 7) is 3.20. The third-order valence-electron chi connectivity index (χ3n) is 6.74. The molecule has 0 saturated carbocycles. The number of aromatic hydroxyl groups is 1. The molecule has 0 bridgehead atoms. The van der Waals surface area contributed by atoms with Gasteiger partial charge in [-0.25, -0.2) is 0 Å². The van der Waals surface area contributed by atoms with Crippen LogP contribution in [-0.2, 0) is 6.54 Å². The Kier molecular flexibility index (Phi) is 6.07. The number of likely N-dealkylation sites (tertiary alicyclic amines) is 1. The smallest absolute Gasteiger partial charge is 0.200 e. The summed E-state index contributed by atoms with van der Waals surface area (Å²) < 4.78 is 11.5. The van der Waals surface area contributed by atoms with Gasteiger partial charge in [-0.3, -0.25) is 14.7 Å². The van der Waals surface area contributed by atoms with Crippen LogP contribution in [0, 0.1) is 6.92 Å². The van der Waals surface area contributed by atoms with Gasteiger partial charge in [0.1, 0.15) is 22.8 Å². The molecule has 0 unspecified atom stereocenters. The van der Waals surface area contributed by atoms with Crippen molar-refractivity contribution in [3.63, 3.8) is 0 Å². The maximum Gasteiger partial charge on any atom is 0.200 e. The number of hydrogen-bond acceptors (Lipinski definition) is 6. The van der Waals surface area contributed by atoms with E-state index in [9.17, 15) is 9.90 Å². The number of methoxy groups -OCH3 is 1. The van der Waals surface area contributed by atoms with Gasteiger partial charge in [0.05, 0.1) is 23.6 Å². The minimum atomic E-state index is -0.104. The summed E-state index contributed by atoms with van der Waals surface area (Å²) in [6, 6.07) is 14.9.